The Morgan fingerprint density at radius 2 is 1.83 bits per heavy atom. The van der Waals surface area contributed by atoms with Crippen LogP contribution in [-0.4, -0.2) is 58.8 Å². The van der Waals surface area contributed by atoms with Crippen LogP contribution in [0.1, 0.15) is 17.3 Å². The fourth-order valence-corrected chi connectivity index (χ4v) is 3.40. The molecule has 1 fully saturated rings. The van der Waals surface area contributed by atoms with Crippen LogP contribution in [0.15, 0.2) is 60.9 Å². The zero-order chi connectivity index (χ0) is 20.1. The maximum Gasteiger partial charge on any atom is 0.257 e. The first kappa shape index (κ1) is 18.9. The molecule has 1 aliphatic heterocycles. The molecule has 2 aromatic heterocycles. The van der Waals surface area contributed by atoms with E-state index in [1.807, 2.05) is 60.4 Å². The van der Waals surface area contributed by atoms with Gasteiger partial charge in [0.2, 0.25) is 0 Å². The molecule has 148 valence electrons. The van der Waals surface area contributed by atoms with Gasteiger partial charge in [0.05, 0.1) is 17.9 Å². The molecule has 0 spiro atoms. The Morgan fingerprint density at radius 1 is 1.00 bits per heavy atom. The predicted molar refractivity (Wildman–Crippen MR) is 111 cm³/mol. The van der Waals surface area contributed by atoms with Crippen LogP contribution in [0.2, 0.25) is 0 Å². The van der Waals surface area contributed by atoms with Crippen molar-refractivity contribution >= 4 is 11.7 Å². The van der Waals surface area contributed by atoms with Crippen LogP contribution in [0, 0.1) is 0 Å². The van der Waals surface area contributed by atoms with Crippen molar-refractivity contribution in [3.05, 3.63) is 66.5 Å². The molecular weight excluding hydrogens is 366 g/mol. The average Bonchev–Trinajstić information content (AvgIpc) is 2.80. The smallest absolute Gasteiger partial charge is 0.257 e. The van der Waals surface area contributed by atoms with Crippen LogP contribution in [0.3, 0.4) is 0 Å². The van der Waals surface area contributed by atoms with Gasteiger partial charge in [-0.2, -0.15) is 0 Å². The second-order valence-corrected chi connectivity index (χ2v) is 6.73. The zero-order valence-electron chi connectivity index (χ0n) is 16.4. The summed E-state index contributed by atoms with van der Waals surface area (Å²) in [6, 6.07) is 15.2. The second-order valence-electron chi connectivity index (χ2n) is 6.73. The summed E-state index contributed by atoms with van der Waals surface area (Å²) >= 11 is 0. The Hall–Kier alpha value is -3.48. The van der Waals surface area contributed by atoms with Gasteiger partial charge in [0, 0.05) is 44.1 Å². The standard InChI is InChI=1S/C22H23N5O2/c1-2-29-20-8-4-3-7-18(20)22(28)27-14-12-26(13-15-27)21-10-9-19(24-25-21)17-6-5-11-23-16-17/h3-11,16H,2,12-15H2,1H3. The third-order valence-electron chi connectivity index (χ3n) is 4.92. The summed E-state index contributed by atoms with van der Waals surface area (Å²) in [5, 5.41) is 8.70. The molecule has 4 rings (SSSR count). The van der Waals surface area contributed by atoms with Gasteiger partial charge in [-0.1, -0.05) is 12.1 Å². The monoisotopic (exact) mass is 389 g/mol. The number of benzene rings is 1. The quantitative estimate of drug-likeness (QED) is 0.668. The third kappa shape index (κ3) is 4.18. The lowest BCUT2D eigenvalue weighted by Gasteiger charge is -2.35. The highest BCUT2D eigenvalue weighted by Crippen LogP contribution is 2.22. The molecule has 7 heteroatoms. The first-order chi connectivity index (χ1) is 14.3. The lowest BCUT2D eigenvalue weighted by Crippen LogP contribution is -2.49. The van der Waals surface area contributed by atoms with Crippen molar-refractivity contribution in [3.8, 4) is 17.0 Å². The molecule has 0 unspecified atom stereocenters. The molecule has 3 aromatic rings. The van der Waals surface area contributed by atoms with Crippen molar-refractivity contribution in [2.45, 2.75) is 6.92 Å². The molecule has 3 heterocycles. The van der Waals surface area contributed by atoms with Crippen LogP contribution in [0.25, 0.3) is 11.3 Å². The van der Waals surface area contributed by atoms with Gasteiger partial charge in [-0.3, -0.25) is 9.78 Å². The zero-order valence-corrected chi connectivity index (χ0v) is 16.4. The number of nitrogens with zero attached hydrogens (tertiary/aromatic N) is 5. The first-order valence-corrected chi connectivity index (χ1v) is 9.76. The van der Waals surface area contributed by atoms with Gasteiger partial charge in [0.1, 0.15) is 5.75 Å². The number of para-hydroxylation sites is 1. The van der Waals surface area contributed by atoms with Crippen LogP contribution in [-0.2, 0) is 0 Å². The summed E-state index contributed by atoms with van der Waals surface area (Å²) in [6.07, 6.45) is 3.51. The second kappa shape index (κ2) is 8.68. The number of piperazine rings is 1. The van der Waals surface area contributed by atoms with Crippen molar-refractivity contribution in [1.29, 1.82) is 0 Å². The Morgan fingerprint density at radius 3 is 2.52 bits per heavy atom. The van der Waals surface area contributed by atoms with Gasteiger partial charge in [0.25, 0.3) is 5.91 Å². The molecule has 0 atom stereocenters. The minimum atomic E-state index is 0.00621. The van der Waals surface area contributed by atoms with Crippen molar-refractivity contribution < 1.29 is 9.53 Å². The summed E-state index contributed by atoms with van der Waals surface area (Å²) in [5.74, 6) is 1.46. The number of carbonyl (C=O) groups excluding carboxylic acids is 1. The Bertz CT molecular complexity index is 954. The maximum absolute atomic E-state index is 12.9. The largest absolute Gasteiger partial charge is 0.493 e. The Kier molecular flexibility index (Phi) is 5.65. The summed E-state index contributed by atoms with van der Waals surface area (Å²) in [5.41, 5.74) is 2.35. The Balaban J connectivity index is 1.40. The van der Waals surface area contributed by atoms with Crippen LogP contribution in [0.4, 0.5) is 5.82 Å². The summed E-state index contributed by atoms with van der Waals surface area (Å²) < 4.78 is 5.61. The maximum atomic E-state index is 12.9. The summed E-state index contributed by atoms with van der Waals surface area (Å²) in [7, 11) is 0. The minimum absolute atomic E-state index is 0.00621. The fourth-order valence-electron chi connectivity index (χ4n) is 3.40. The van der Waals surface area contributed by atoms with Gasteiger partial charge in [-0.05, 0) is 43.3 Å². The molecule has 0 radical (unpaired) electrons. The number of pyridine rings is 1. The van der Waals surface area contributed by atoms with E-state index in [-0.39, 0.29) is 5.91 Å². The van der Waals surface area contributed by atoms with Gasteiger partial charge >= 0.3 is 0 Å². The van der Waals surface area contributed by atoms with E-state index in [4.69, 9.17) is 4.74 Å². The summed E-state index contributed by atoms with van der Waals surface area (Å²) in [4.78, 5) is 21.1. The number of amides is 1. The lowest BCUT2D eigenvalue weighted by atomic mass is 10.1. The van der Waals surface area contributed by atoms with Crippen molar-refractivity contribution in [1.82, 2.24) is 20.1 Å². The highest BCUT2D eigenvalue weighted by molar-refractivity contribution is 5.97. The highest BCUT2D eigenvalue weighted by atomic mass is 16.5. The molecule has 0 bridgehead atoms. The number of ether oxygens (including phenoxy) is 1. The van der Waals surface area contributed by atoms with Gasteiger partial charge in [-0.25, -0.2) is 0 Å². The molecule has 1 aromatic carbocycles. The third-order valence-corrected chi connectivity index (χ3v) is 4.92. The fraction of sp³-hybridized carbons (Fsp3) is 0.273. The van der Waals surface area contributed by atoms with E-state index in [1.165, 1.54) is 0 Å². The van der Waals surface area contributed by atoms with E-state index in [0.29, 0.717) is 44.1 Å². The minimum Gasteiger partial charge on any atom is -0.493 e. The lowest BCUT2D eigenvalue weighted by molar-refractivity contribution is 0.0742. The number of aromatic nitrogens is 3. The average molecular weight is 389 g/mol. The number of anilines is 1. The SMILES string of the molecule is CCOc1ccccc1C(=O)N1CCN(c2ccc(-c3cccnc3)nn2)CC1. The normalized spacial score (nSPS) is 14.0. The van der Waals surface area contributed by atoms with E-state index in [2.05, 4.69) is 20.1 Å². The first-order valence-electron chi connectivity index (χ1n) is 9.76. The predicted octanol–water partition coefficient (Wildman–Crippen LogP) is 2.90. The van der Waals surface area contributed by atoms with Gasteiger partial charge in [-0.15, -0.1) is 10.2 Å². The molecule has 7 nitrogen and oxygen atoms in total. The molecule has 1 saturated heterocycles. The number of hydrogen-bond donors (Lipinski definition) is 0. The molecule has 1 amide bonds. The highest BCUT2D eigenvalue weighted by Gasteiger charge is 2.25. The van der Waals surface area contributed by atoms with Crippen molar-refractivity contribution in [2.24, 2.45) is 0 Å². The van der Waals surface area contributed by atoms with E-state index in [0.717, 1.165) is 17.1 Å². The van der Waals surface area contributed by atoms with Crippen LogP contribution < -0.4 is 9.64 Å². The topological polar surface area (TPSA) is 71.5 Å². The van der Waals surface area contributed by atoms with Gasteiger partial charge < -0.3 is 14.5 Å². The number of hydrogen-bond acceptors (Lipinski definition) is 6. The Labute approximate surface area is 170 Å². The van der Waals surface area contributed by atoms with Crippen molar-refractivity contribution in [3.63, 3.8) is 0 Å². The molecule has 29 heavy (non-hydrogen) atoms. The van der Waals surface area contributed by atoms with E-state index in [9.17, 15) is 4.79 Å². The van der Waals surface area contributed by atoms with E-state index in [1.54, 1.807) is 12.4 Å². The van der Waals surface area contributed by atoms with Crippen LogP contribution >= 0.6 is 0 Å². The molecule has 0 aliphatic carbocycles. The molecule has 0 N–H and O–H groups in total. The van der Waals surface area contributed by atoms with E-state index < -0.39 is 0 Å². The summed E-state index contributed by atoms with van der Waals surface area (Å²) in [6.45, 7) is 5.13. The molecule has 0 saturated carbocycles. The number of carbonyl (C=O) groups is 1. The molecular formula is C22H23N5O2. The number of rotatable bonds is 5. The van der Waals surface area contributed by atoms with Gasteiger partial charge in [0.15, 0.2) is 5.82 Å². The van der Waals surface area contributed by atoms with Crippen LogP contribution in [0.5, 0.6) is 5.75 Å². The van der Waals surface area contributed by atoms with Crippen molar-refractivity contribution in [2.75, 3.05) is 37.7 Å². The van der Waals surface area contributed by atoms with E-state index >= 15 is 0 Å². The molecule has 1 aliphatic rings.